The van der Waals surface area contributed by atoms with Crippen LogP contribution in [-0.4, -0.2) is 4.98 Å². The Bertz CT molecular complexity index is 517. The van der Waals surface area contributed by atoms with Crippen molar-refractivity contribution in [1.82, 2.24) is 4.98 Å². The van der Waals surface area contributed by atoms with Crippen LogP contribution in [0.15, 0.2) is 16.6 Å². The van der Waals surface area contributed by atoms with E-state index < -0.39 is 0 Å². The molecule has 1 aromatic carbocycles. The summed E-state index contributed by atoms with van der Waals surface area (Å²) < 4.78 is 14.4. The summed E-state index contributed by atoms with van der Waals surface area (Å²) in [6.45, 7) is 3.77. The highest BCUT2D eigenvalue weighted by Crippen LogP contribution is 2.32. The fourth-order valence-electron chi connectivity index (χ4n) is 1.94. The normalized spacial score (nSPS) is 13.4. The minimum absolute atomic E-state index is 0.178. The van der Waals surface area contributed by atoms with E-state index in [-0.39, 0.29) is 11.9 Å². The van der Waals surface area contributed by atoms with Gasteiger partial charge in [-0.3, -0.25) is 0 Å². The van der Waals surface area contributed by atoms with Crippen molar-refractivity contribution >= 4 is 26.8 Å². The van der Waals surface area contributed by atoms with E-state index in [0.717, 1.165) is 16.8 Å². The Morgan fingerprint density at radius 2 is 2.13 bits per heavy atom. The van der Waals surface area contributed by atoms with Crippen molar-refractivity contribution in [3.05, 3.63) is 33.7 Å². The molecule has 0 aliphatic heterocycles. The highest BCUT2D eigenvalue weighted by Gasteiger charge is 2.16. The van der Waals surface area contributed by atoms with Crippen LogP contribution in [0.1, 0.15) is 24.2 Å². The van der Waals surface area contributed by atoms with Crippen LogP contribution in [0, 0.1) is 12.7 Å². The molecule has 1 heterocycles. The van der Waals surface area contributed by atoms with Crippen LogP contribution in [0.25, 0.3) is 10.9 Å². The van der Waals surface area contributed by atoms with Gasteiger partial charge in [-0.1, -0.05) is 0 Å². The Kier molecular flexibility index (Phi) is 2.56. The van der Waals surface area contributed by atoms with Gasteiger partial charge >= 0.3 is 0 Å². The first-order chi connectivity index (χ1) is 7.02. The second-order valence-corrected chi connectivity index (χ2v) is 4.59. The molecule has 1 atom stereocenters. The number of rotatable bonds is 1. The van der Waals surface area contributed by atoms with E-state index in [2.05, 4.69) is 20.9 Å². The molecule has 2 rings (SSSR count). The van der Waals surface area contributed by atoms with Crippen LogP contribution < -0.4 is 5.73 Å². The van der Waals surface area contributed by atoms with Crippen molar-refractivity contribution in [1.29, 1.82) is 0 Å². The average molecular weight is 271 g/mol. The van der Waals surface area contributed by atoms with E-state index in [1.54, 1.807) is 6.07 Å². The molecule has 0 spiro atoms. The zero-order valence-electron chi connectivity index (χ0n) is 8.57. The highest BCUT2D eigenvalue weighted by molar-refractivity contribution is 9.10. The first-order valence-electron chi connectivity index (χ1n) is 4.74. The van der Waals surface area contributed by atoms with Crippen LogP contribution in [0.3, 0.4) is 0 Å². The van der Waals surface area contributed by atoms with E-state index in [4.69, 9.17) is 5.73 Å². The van der Waals surface area contributed by atoms with Gasteiger partial charge in [-0.15, -0.1) is 0 Å². The Balaban J connectivity index is 2.90. The molecule has 4 heteroatoms. The predicted molar refractivity (Wildman–Crippen MR) is 63.3 cm³/mol. The molecule has 80 valence electrons. The maximum Gasteiger partial charge on any atom is 0.147 e. The van der Waals surface area contributed by atoms with Crippen molar-refractivity contribution in [3.8, 4) is 0 Å². The van der Waals surface area contributed by atoms with E-state index >= 15 is 0 Å². The molecule has 15 heavy (non-hydrogen) atoms. The van der Waals surface area contributed by atoms with Crippen molar-refractivity contribution in [3.63, 3.8) is 0 Å². The third-order valence-electron chi connectivity index (χ3n) is 2.55. The third kappa shape index (κ3) is 1.58. The van der Waals surface area contributed by atoms with Crippen LogP contribution >= 0.6 is 15.9 Å². The van der Waals surface area contributed by atoms with E-state index in [1.807, 2.05) is 19.9 Å². The maximum atomic E-state index is 13.9. The number of nitrogens with two attached hydrogens (primary N) is 1. The molecule has 0 amide bonds. The number of hydrogen-bond donors (Lipinski definition) is 2. The van der Waals surface area contributed by atoms with E-state index in [9.17, 15) is 4.39 Å². The van der Waals surface area contributed by atoms with Crippen LogP contribution in [0.2, 0.25) is 0 Å². The fraction of sp³-hybridized carbons (Fsp3) is 0.273. The van der Waals surface area contributed by atoms with E-state index in [0.29, 0.717) is 9.86 Å². The molecular weight excluding hydrogens is 259 g/mol. The predicted octanol–water partition coefficient (Wildman–Crippen LogP) is 3.40. The van der Waals surface area contributed by atoms with Crippen molar-refractivity contribution < 1.29 is 4.39 Å². The number of aromatic amines is 1. The minimum Gasteiger partial charge on any atom is -0.358 e. The molecule has 1 unspecified atom stereocenters. The summed E-state index contributed by atoms with van der Waals surface area (Å²) >= 11 is 3.18. The molecule has 0 aliphatic rings. The monoisotopic (exact) mass is 270 g/mol. The molecule has 3 N–H and O–H groups in total. The molecule has 0 aliphatic carbocycles. The molecule has 0 radical (unpaired) electrons. The zero-order chi connectivity index (χ0) is 11.2. The lowest BCUT2D eigenvalue weighted by Crippen LogP contribution is -2.06. The van der Waals surface area contributed by atoms with Crippen LogP contribution in [-0.2, 0) is 0 Å². The molecule has 1 aromatic heterocycles. The largest absolute Gasteiger partial charge is 0.358 e. The minimum atomic E-state index is -0.246. The van der Waals surface area contributed by atoms with Gasteiger partial charge in [0, 0.05) is 22.6 Å². The average Bonchev–Trinajstić information content (AvgIpc) is 2.49. The Hall–Kier alpha value is -0.870. The van der Waals surface area contributed by atoms with Gasteiger partial charge < -0.3 is 10.7 Å². The summed E-state index contributed by atoms with van der Waals surface area (Å²) in [5.41, 5.74) is 8.41. The third-order valence-corrected chi connectivity index (χ3v) is 3.16. The highest BCUT2D eigenvalue weighted by atomic mass is 79.9. The number of hydrogen-bond acceptors (Lipinski definition) is 1. The number of nitrogens with one attached hydrogen (secondary N) is 1. The van der Waals surface area contributed by atoms with Crippen LogP contribution in [0.5, 0.6) is 0 Å². The zero-order valence-corrected chi connectivity index (χ0v) is 10.2. The second kappa shape index (κ2) is 3.61. The number of benzene rings is 1. The summed E-state index contributed by atoms with van der Waals surface area (Å²) in [4.78, 5) is 3.14. The molecule has 0 saturated heterocycles. The Morgan fingerprint density at radius 1 is 1.47 bits per heavy atom. The molecule has 2 aromatic rings. The fourth-order valence-corrected chi connectivity index (χ4v) is 2.27. The van der Waals surface area contributed by atoms with Gasteiger partial charge in [0.05, 0.1) is 4.47 Å². The summed E-state index contributed by atoms with van der Waals surface area (Å²) in [6.07, 6.45) is 0. The van der Waals surface area contributed by atoms with Crippen LogP contribution in [0.4, 0.5) is 4.39 Å². The smallest absolute Gasteiger partial charge is 0.147 e. The Morgan fingerprint density at radius 3 is 2.73 bits per heavy atom. The molecular formula is C11H12BrFN2. The first-order valence-corrected chi connectivity index (χ1v) is 5.53. The summed E-state index contributed by atoms with van der Waals surface area (Å²) in [6, 6.07) is 3.36. The van der Waals surface area contributed by atoms with E-state index in [1.165, 1.54) is 0 Å². The lowest BCUT2D eigenvalue weighted by Gasteiger charge is -2.06. The molecule has 2 nitrogen and oxygen atoms in total. The number of halogens is 2. The molecule has 0 fully saturated rings. The van der Waals surface area contributed by atoms with Gasteiger partial charge in [0.25, 0.3) is 0 Å². The van der Waals surface area contributed by atoms with Gasteiger partial charge in [0.1, 0.15) is 5.82 Å². The number of aromatic nitrogens is 1. The van der Waals surface area contributed by atoms with Gasteiger partial charge in [-0.25, -0.2) is 4.39 Å². The topological polar surface area (TPSA) is 41.8 Å². The lowest BCUT2D eigenvalue weighted by molar-refractivity contribution is 0.631. The van der Waals surface area contributed by atoms with Gasteiger partial charge in [-0.2, -0.15) is 0 Å². The number of H-pyrrole nitrogens is 1. The number of aryl methyl sites for hydroxylation is 1. The SMILES string of the molecule is Cc1[nH]c2ccc(Br)c(F)c2c1C(C)N. The summed E-state index contributed by atoms with van der Waals surface area (Å²) in [5.74, 6) is -0.246. The second-order valence-electron chi connectivity index (χ2n) is 3.74. The van der Waals surface area contributed by atoms with Crippen molar-refractivity contribution in [2.75, 3.05) is 0 Å². The summed E-state index contributed by atoms with van der Waals surface area (Å²) in [5, 5.41) is 0.594. The van der Waals surface area contributed by atoms with Crippen molar-refractivity contribution in [2.45, 2.75) is 19.9 Å². The van der Waals surface area contributed by atoms with Crippen molar-refractivity contribution in [2.24, 2.45) is 5.73 Å². The standard InChI is InChI=1S/C11H12BrFN2/c1-5(14)9-6(2)15-8-4-3-7(12)11(13)10(8)9/h3-5,15H,14H2,1-2H3. The van der Waals surface area contributed by atoms with Gasteiger partial charge in [-0.05, 0) is 47.5 Å². The first kappa shape index (κ1) is 10.6. The summed E-state index contributed by atoms with van der Waals surface area (Å²) in [7, 11) is 0. The molecule has 0 bridgehead atoms. The quantitative estimate of drug-likeness (QED) is 0.820. The Labute approximate surface area is 95.8 Å². The maximum absolute atomic E-state index is 13.9. The number of fused-ring (bicyclic) bond motifs is 1. The molecule has 0 saturated carbocycles. The lowest BCUT2D eigenvalue weighted by atomic mass is 10.0. The van der Waals surface area contributed by atoms with Gasteiger partial charge in [0.15, 0.2) is 0 Å². The van der Waals surface area contributed by atoms with Gasteiger partial charge in [0.2, 0.25) is 0 Å².